The van der Waals surface area contributed by atoms with Crippen LogP contribution < -0.4 is 5.32 Å². The molecule has 19 heavy (non-hydrogen) atoms. The molecule has 0 saturated heterocycles. The number of hydrogen-bond acceptors (Lipinski definition) is 3. The van der Waals surface area contributed by atoms with Crippen LogP contribution in [0.15, 0.2) is 29.0 Å². The van der Waals surface area contributed by atoms with Crippen LogP contribution in [-0.2, 0) is 0 Å². The summed E-state index contributed by atoms with van der Waals surface area (Å²) in [4.78, 5) is 8.84. The molecule has 0 amide bonds. The maximum absolute atomic E-state index is 4.48. The number of rotatable bonds is 3. The van der Waals surface area contributed by atoms with Crippen molar-refractivity contribution in [3.05, 3.63) is 29.0 Å². The Morgan fingerprint density at radius 1 is 1.32 bits per heavy atom. The van der Waals surface area contributed by atoms with Crippen molar-refractivity contribution in [1.82, 2.24) is 9.97 Å². The molecular formula is C15H18BrN3. The first kappa shape index (κ1) is 12.9. The van der Waals surface area contributed by atoms with Gasteiger partial charge in [0.15, 0.2) is 0 Å². The lowest BCUT2D eigenvalue weighted by atomic mass is 9.89. The molecule has 0 spiro atoms. The molecule has 0 aliphatic heterocycles. The summed E-state index contributed by atoms with van der Waals surface area (Å²) in [6, 6.07) is 4.02. The second-order valence-corrected chi connectivity index (χ2v) is 6.67. The number of aromatic nitrogens is 2. The average molecular weight is 320 g/mol. The highest BCUT2D eigenvalue weighted by molar-refractivity contribution is 9.10. The summed E-state index contributed by atoms with van der Waals surface area (Å²) < 4.78 is 0.965. The Hall–Kier alpha value is -1.16. The van der Waals surface area contributed by atoms with Crippen LogP contribution in [0.2, 0.25) is 0 Å². The summed E-state index contributed by atoms with van der Waals surface area (Å²) >= 11 is 3.44. The smallest absolute Gasteiger partial charge is 0.112 e. The number of hydrogen-bond donors (Lipinski definition) is 1. The van der Waals surface area contributed by atoms with Gasteiger partial charge in [0.25, 0.3) is 0 Å². The molecule has 3 nitrogen and oxygen atoms in total. The quantitative estimate of drug-likeness (QED) is 0.912. The zero-order valence-corrected chi connectivity index (χ0v) is 12.7. The van der Waals surface area contributed by atoms with Crippen molar-refractivity contribution >= 4 is 32.7 Å². The minimum atomic E-state index is 0.435. The predicted octanol–water partition coefficient (Wildman–Crippen LogP) is 4.38. The molecule has 0 atom stereocenters. The Morgan fingerprint density at radius 3 is 2.89 bits per heavy atom. The van der Waals surface area contributed by atoms with Crippen molar-refractivity contribution in [2.24, 2.45) is 5.41 Å². The van der Waals surface area contributed by atoms with E-state index in [9.17, 15) is 0 Å². The lowest BCUT2D eigenvalue weighted by Crippen LogP contribution is -2.23. The molecule has 4 heteroatoms. The van der Waals surface area contributed by atoms with E-state index < -0.39 is 0 Å². The first-order chi connectivity index (χ1) is 9.16. The molecule has 0 unspecified atom stereocenters. The molecule has 0 radical (unpaired) electrons. The van der Waals surface area contributed by atoms with E-state index in [1.54, 1.807) is 0 Å². The molecule has 1 saturated carbocycles. The molecule has 0 bridgehead atoms. The molecule has 2 heterocycles. The van der Waals surface area contributed by atoms with E-state index >= 15 is 0 Å². The molecule has 1 fully saturated rings. The van der Waals surface area contributed by atoms with Crippen molar-refractivity contribution in [2.45, 2.75) is 32.6 Å². The third-order valence-electron chi connectivity index (χ3n) is 4.06. The maximum Gasteiger partial charge on any atom is 0.112 e. The molecule has 1 N–H and O–H groups in total. The highest BCUT2D eigenvalue weighted by atomic mass is 79.9. The van der Waals surface area contributed by atoms with Crippen LogP contribution in [0.5, 0.6) is 0 Å². The van der Waals surface area contributed by atoms with Crippen LogP contribution in [0.1, 0.15) is 32.6 Å². The molecule has 1 aliphatic rings. The Balaban J connectivity index is 1.84. The van der Waals surface area contributed by atoms with Gasteiger partial charge in [0.05, 0.1) is 11.2 Å². The fraction of sp³-hybridized carbons (Fsp3) is 0.467. The van der Waals surface area contributed by atoms with Gasteiger partial charge in [-0.25, -0.2) is 0 Å². The van der Waals surface area contributed by atoms with Gasteiger partial charge in [0.1, 0.15) is 5.52 Å². The van der Waals surface area contributed by atoms with Crippen molar-refractivity contribution in [3.63, 3.8) is 0 Å². The van der Waals surface area contributed by atoms with E-state index in [1.807, 2.05) is 24.5 Å². The summed E-state index contributed by atoms with van der Waals surface area (Å²) in [6.45, 7) is 3.39. The largest absolute Gasteiger partial charge is 0.383 e. The van der Waals surface area contributed by atoms with E-state index in [2.05, 4.69) is 38.1 Å². The van der Waals surface area contributed by atoms with E-state index in [-0.39, 0.29) is 0 Å². The van der Waals surface area contributed by atoms with Gasteiger partial charge in [-0.15, -0.1) is 0 Å². The van der Waals surface area contributed by atoms with Crippen molar-refractivity contribution in [2.75, 3.05) is 11.9 Å². The van der Waals surface area contributed by atoms with Crippen LogP contribution >= 0.6 is 15.9 Å². The van der Waals surface area contributed by atoms with E-state index in [1.165, 1.54) is 25.7 Å². The first-order valence-electron chi connectivity index (χ1n) is 6.80. The van der Waals surface area contributed by atoms with Gasteiger partial charge in [-0.2, -0.15) is 0 Å². The fourth-order valence-electron chi connectivity index (χ4n) is 2.86. The van der Waals surface area contributed by atoms with E-state index in [4.69, 9.17) is 0 Å². The minimum Gasteiger partial charge on any atom is -0.383 e. The van der Waals surface area contributed by atoms with E-state index in [0.717, 1.165) is 27.7 Å². The summed E-state index contributed by atoms with van der Waals surface area (Å²) in [5.74, 6) is 0. The second kappa shape index (κ2) is 5.08. The number of nitrogens with zero attached hydrogens (tertiary/aromatic N) is 2. The molecule has 3 rings (SSSR count). The minimum absolute atomic E-state index is 0.435. The lowest BCUT2D eigenvalue weighted by molar-refractivity contribution is 0.362. The average Bonchev–Trinajstić information content (AvgIpc) is 2.83. The Kier molecular flexibility index (Phi) is 3.44. The zero-order valence-electron chi connectivity index (χ0n) is 11.1. The van der Waals surface area contributed by atoms with Crippen LogP contribution in [0.4, 0.5) is 5.69 Å². The second-order valence-electron chi connectivity index (χ2n) is 5.75. The Morgan fingerprint density at radius 2 is 2.11 bits per heavy atom. The van der Waals surface area contributed by atoms with Gasteiger partial charge < -0.3 is 5.32 Å². The number of anilines is 1. The molecule has 0 aromatic carbocycles. The predicted molar refractivity (Wildman–Crippen MR) is 82.3 cm³/mol. The van der Waals surface area contributed by atoms with Gasteiger partial charge in [0.2, 0.25) is 0 Å². The highest BCUT2D eigenvalue weighted by Crippen LogP contribution is 2.37. The van der Waals surface area contributed by atoms with Gasteiger partial charge in [0, 0.05) is 23.4 Å². The van der Waals surface area contributed by atoms with Gasteiger partial charge in [-0.1, -0.05) is 19.8 Å². The number of halogens is 1. The van der Waals surface area contributed by atoms with Crippen LogP contribution in [0.3, 0.4) is 0 Å². The normalized spacial score (nSPS) is 17.8. The number of pyridine rings is 2. The van der Waals surface area contributed by atoms with Gasteiger partial charge in [-0.3, -0.25) is 9.97 Å². The summed E-state index contributed by atoms with van der Waals surface area (Å²) in [7, 11) is 0. The third-order valence-corrected chi connectivity index (χ3v) is 4.49. The van der Waals surface area contributed by atoms with Crippen LogP contribution in [-0.4, -0.2) is 16.5 Å². The standard InChI is InChI=1S/C15H18BrN3/c1-15(5-2-3-6-15)10-19-12-4-7-17-13-8-11(16)9-18-14(12)13/h4,7-9H,2-3,5-6,10H2,1H3,(H,17,19). The fourth-order valence-corrected chi connectivity index (χ4v) is 3.18. The van der Waals surface area contributed by atoms with Crippen molar-refractivity contribution in [1.29, 1.82) is 0 Å². The summed E-state index contributed by atoms with van der Waals surface area (Å²) in [6.07, 6.45) is 9.03. The molecule has 2 aromatic heterocycles. The van der Waals surface area contributed by atoms with Gasteiger partial charge in [-0.05, 0) is 46.3 Å². The molecule has 2 aromatic rings. The number of nitrogens with one attached hydrogen (secondary N) is 1. The van der Waals surface area contributed by atoms with Crippen LogP contribution in [0.25, 0.3) is 11.0 Å². The molecule has 100 valence electrons. The number of fused-ring (bicyclic) bond motifs is 1. The van der Waals surface area contributed by atoms with Crippen LogP contribution in [0, 0.1) is 5.41 Å². The summed E-state index contributed by atoms with van der Waals surface area (Å²) in [5, 5.41) is 3.57. The zero-order chi connectivity index (χ0) is 13.3. The third kappa shape index (κ3) is 2.73. The molecule has 1 aliphatic carbocycles. The lowest BCUT2D eigenvalue weighted by Gasteiger charge is -2.24. The van der Waals surface area contributed by atoms with Crippen molar-refractivity contribution in [3.8, 4) is 0 Å². The Labute approximate surface area is 122 Å². The monoisotopic (exact) mass is 319 g/mol. The highest BCUT2D eigenvalue weighted by Gasteiger charge is 2.28. The van der Waals surface area contributed by atoms with Crippen molar-refractivity contribution < 1.29 is 0 Å². The SMILES string of the molecule is CC1(CNc2ccnc3cc(Br)cnc23)CCCC1. The Bertz CT molecular complexity index is 591. The van der Waals surface area contributed by atoms with E-state index in [0.29, 0.717) is 5.41 Å². The summed E-state index contributed by atoms with van der Waals surface area (Å²) in [5.41, 5.74) is 3.40. The maximum atomic E-state index is 4.48. The van der Waals surface area contributed by atoms with Gasteiger partial charge >= 0.3 is 0 Å². The first-order valence-corrected chi connectivity index (χ1v) is 7.60. The topological polar surface area (TPSA) is 37.8 Å². The molecular weight excluding hydrogens is 302 g/mol.